The first-order valence-electron chi connectivity index (χ1n) is 9.28. The number of amides is 2. The van der Waals surface area contributed by atoms with Gasteiger partial charge in [-0.2, -0.15) is 0 Å². The van der Waals surface area contributed by atoms with E-state index in [0.717, 1.165) is 38.5 Å². The van der Waals surface area contributed by atoms with Gasteiger partial charge in [-0.3, -0.25) is 14.4 Å². The van der Waals surface area contributed by atoms with Crippen LogP contribution >= 0.6 is 0 Å². The first kappa shape index (κ1) is 19.2. The minimum absolute atomic E-state index is 0.0271. The fourth-order valence-corrected chi connectivity index (χ4v) is 3.38. The Morgan fingerprint density at radius 1 is 1.20 bits per heavy atom. The maximum atomic E-state index is 12.8. The summed E-state index contributed by atoms with van der Waals surface area (Å²) in [6.45, 7) is 5.42. The van der Waals surface area contributed by atoms with Gasteiger partial charge in [-0.1, -0.05) is 26.7 Å². The quantitative estimate of drug-likeness (QED) is 0.824. The van der Waals surface area contributed by atoms with Crippen LogP contribution < -0.4 is 10.9 Å². The van der Waals surface area contributed by atoms with Crippen molar-refractivity contribution in [2.75, 3.05) is 18.4 Å². The minimum atomic E-state index is -0.291. The summed E-state index contributed by atoms with van der Waals surface area (Å²) >= 11 is 0. The van der Waals surface area contributed by atoms with Gasteiger partial charge in [-0.25, -0.2) is 0 Å². The Morgan fingerprint density at radius 2 is 1.80 bits per heavy atom. The van der Waals surface area contributed by atoms with Crippen molar-refractivity contribution in [1.29, 1.82) is 0 Å². The van der Waals surface area contributed by atoms with E-state index in [-0.39, 0.29) is 29.0 Å². The Balaban J connectivity index is 2.25. The highest BCUT2D eigenvalue weighted by Crippen LogP contribution is 2.25. The zero-order valence-corrected chi connectivity index (χ0v) is 15.5. The predicted octanol–water partition coefficient (Wildman–Crippen LogP) is 2.78. The van der Waals surface area contributed by atoms with Gasteiger partial charge in [-0.15, -0.1) is 0 Å². The number of nitrogens with one attached hydrogen (secondary N) is 1. The third kappa shape index (κ3) is 4.71. The first-order chi connectivity index (χ1) is 12.0. The van der Waals surface area contributed by atoms with Crippen molar-refractivity contribution in [2.24, 2.45) is 13.0 Å². The summed E-state index contributed by atoms with van der Waals surface area (Å²) in [5, 5.41) is 2.75. The van der Waals surface area contributed by atoms with E-state index in [0.29, 0.717) is 18.7 Å². The summed E-state index contributed by atoms with van der Waals surface area (Å²) in [6, 6.07) is 1.52. The van der Waals surface area contributed by atoms with Crippen molar-refractivity contribution in [3.05, 3.63) is 28.2 Å². The Morgan fingerprint density at radius 3 is 2.36 bits per heavy atom. The third-order valence-corrected chi connectivity index (χ3v) is 4.69. The number of hydrogen-bond acceptors (Lipinski definition) is 3. The molecule has 0 spiro atoms. The monoisotopic (exact) mass is 347 g/mol. The number of rotatable bonds is 7. The Bertz CT molecular complexity index is 669. The van der Waals surface area contributed by atoms with E-state index in [4.69, 9.17) is 0 Å². The molecule has 0 saturated heterocycles. The number of anilines is 1. The fraction of sp³-hybridized carbons (Fsp3) is 0.632. The molecular weight excluding hydrogens is 318 g/mol. The van der Waals surface area contributed by atoms with E-state index < -0.39 is 0 Å². The molecule has 1 saturated carbocycles. The standard InChI is InChI=1S/C19H29N3O3/c1-4-10-22(11-5-2)18(24)15-12-16(19(25)21(3)13-15)20-17(23)14-8-6-7-9-14/h12-14H,4-11H2,1-3H3,(H,20,23). The second kappa shape index (κ2) is 8.83. The van der Waals surface area contributed by atoms with Gasteiger partial charge in [0.2, 0.25) is 5.91 Å². The van der Waals surface area contributed by atoms with Crippen molar-refractivity contribution in [1.82, 2.24) is 9.47 Å². The van der Waals surface area contributed by atoms with Crippen molar-refractivity contribution in [2.45, 2.75) is 52.4 Å². The highest BCUT2D eigenvalue weighted by molar-refractivity contribution is 5.97. The lowest BCUT2D eigenvalue weighted by molar-refractivity contribution is -0.119. The van der Waals surface area contributed by atoms with E-state index >= 15 is 0 Å². The molecule has 6 nitrogen and oxygen atoms in total. The molecule has 1 N–H and O–H groups in total. The molecule has 0 radical (unpaired) electrons. The van der Waals surface area contributed by atoms with Crippen molar-refractivity contribution in [3.8, 4) is 0 Å². The molecule has 25 heavy (non-hydrogen) atoms. The third-order valence-electron chi connectivity index (χ3n) is 4.69. The van der Waals surface area contributed by atoms with Crippen molar-refractivity contribution in [3.63, 3.8) is 0 Å². The number of carbonyl (C=O) groups is 2. The summed E-state index contributed by atoms with van der Waals surface area (Å²) < 4.78 is 1.37. The van der Waals surface area contributed by atoms with Gasteiger partial charge in [0.1, 0.15) is 5.69 Å². The summed E-state index contributed by atoms with van der Waals surface area (Å²) in [4.78, 5) is 39.3. The summed E-state index contributed by atoms with van der Waals surface area (Å²) in [7, 11) is 1.61. The van der Waals surface area contributed by atoms with E-state index in [9.17, 15) is 14.4 Å². The van der Waals surface area contributed by atoms with Crippen LogP contribution in [0, 0.1) is 5.92 Å². The summed E-state index contributed by atoms with van der Waals surface area (Å²) in [5.74, 6) is -0.241. The molecule has 138 valence electrons. The van der Waals surface area contributed by atoms with Crippen molar-refractivity contribution < 1.29 is 9.59 Å². The number of aryl methyl sites for hydroxylation is 1. The van der Waals surface area contributed by atoms with Crippen LogP contribution in [0.5, 0.6) is 0 Å². The van der Waals surface area contributed by atoms with Crippen LogP contribution in [0.1, 0.15) is 62.7 Å². The molecule has 0 unspecified atom stereocenters. The lowest BCUT2D eigenvalue weighted by atomic mass is 10.1. The predicted molar refractivity (Wildman–Crippen MR) is 98.8 cm³/mol. The van der Waals surface area contributed by atoms with Gasteiger partial charge in [-0.05, 0) is 31.7 Å². The topological polar surface area (TPSA) is 71.4 Å². The number of carbonyl (C=O) groups excluding carboxylic acids is 2. The van der Waals surface area contributed by atoms with E-state index in [1.165, 1.54) is 10.6 Å². The SMILES string of the molecule is CCCN(CCC)C(=O)c1cc(NC(=O)C2CCCC2)c(=O)n(C)c1. The summed E-state index contributed by atoms with van der Waals surface area (Å²) in [5.41, 5.74) is 0.337. The van der Waals surface area contributed by atoms with E-state index in [2.05, 4.69) is 5.32 Å². The molecule has 1 aliphatic carbocycles. The molecular formula is C19H29N3O3. The normalized spacial score (nSPS) is 14.5. The highest BCUT2D eigenvalue weighted by atomic mass is 16.2. The lowest BCUT2D eigenvalue weighted by Gasteiger charge is -2.22. The molecule has 0 aromatic carbocycles. The molecule has 1 heterocycles. The van der Waals surface area contributed by atoms with Crippen LogP contribution in [0.3, 0.4) is 0 Å². The van der Waals surface area contributed by atoms with Gasteiger partial charge in [0.15, 0.2) is 0 Å². The van der Waals surface area contributed by atoms with Crippen LogP contribution in [0.25, 0.3) is 0 Å². The van der Waals surface area contributed by atoms with Crippen molar-refractivity contribution >= 4 is 17.5 Å². The fourth-order valence-electron chi connectivity index (χ4n) is 3.38. The largest absolute Gasteiger partial charge is 0.339 e. The van der Waals surface area contributed by atoms with Gasteiger partial charge in [0.25, 0.3) is 11.5 Å². The second-order valence-electron chi connectivity index (χ2n) is 6.82. The van der Waals surface area contributed by atoms with Crippen LogP contribution in [-0.2, 0) is 11.8 Å². The van der Waals surface area contributed by atoms with E-state index in [1.54, 1.807) is 18.1 Å². The van der Waals surface area contributed by atoms with E-state index in [1.807, 2.05) is 13.8 Å². The molecule has 1 aromatic heterocycles. The van der Waals surface area contributed by atoms with Gasteiger partial charge < -0.3 is 14.8 Å². The van der Waals surface area contributed by atoms with Crippen LogP contribution in [0.2, 0.25) is 0 Å². The minimum Gasteiger partial charge on any atom is -0.339 e. The maximum Gasteiger partial charge on any atom is 0.274 e. The average Bonchev–Trinajstić information content (AvgIpc) is 3.12. The number of nitrogens with zero attached hydrogens (tertiary/aromatic N) is 2. The molecule has 0 bridgehead atoms. The Hall–Kier alpha value is -2.11. The van der Waals surface area contributed by atoms with Gasteiger partial charge >= 0.3 is 0 Å². The molecule has 1 aliphatic rings. The Labute approximate surface area is 149 Å². The molecule has 2 amide bonds. The molecule has 2 rings (SSSR count). The molecule has 0 aliphatic heterocycles. The maximum absolute atomic E-state index is 12.8. The number of hydrogen-bond donors (Lipinski definition) is 1. The van der Waals surface area contributed by atoms with Gasteiger partial charge in [0, 0.05) is 32.3 Å². The zero-order chi connectivity index (χ0) is 18.4. The first-order valence-corrected chi connectivity index (χ1v) is 9.28. The average molecular weight is 347 g/mol. The van der Waals surface area contributed by atoms with Crippen LogP contribution in [-0.4, -0.2) is 34.4 Å². The number of pyridine rings is 1. The molecule has 0 atom stereocenters. The second-order valence-corrected chi connectivity index (χ2v) is 6.82. The molecule has 1 fully saturated rings. The lowest BCUT2D eigenvalue weighted by Crippen LogP contribution is -2.34. The van der Waals surface area contributed by atoms with Crippen LogP contribution in [0.15, 0.2) is 17.1 Å². The van der Waals surface area contributed by atoms with Gasteiger partial charge in [0.05, 0.1) is 5.56 Å². The summed E-state index contributed by atoms with van der Waals surface area (Å²) in [6.07, 6.45) is 7.14. The Kier molecular flexibility index (Phi) is 6.79. The molecule has 6 heteroatoms. The number of aromatic nitrogens is 1. The zero-order valence-electron chi connectivity index (χ0n) is 15.5. The van der Waals surface area contributed by atoms with Crippen LogP contribution in [0.4, 0.5) is 5.69 Å². The highest BCUT2D eigenvalue weighted by Gasteiger charge is 2.24. The smallest absolute Gasteiger partial charge is 0.274 e. The molecule has 1 aromatic rings.